The van der Waals surface area contributed by atoms with E-state index in [-0.39, 0.29) is 29.7 Å². The van der Waals surface area contributed by atoms with Crippen molar-refractivity contribution in [3.8, 4) is 0 Å². The average molecular weight is 460 g/mol. The van der Waals surface area contributed by atoms with Crippen molar-refractivity contribution in [1.29, 1.82) is 0 Å². The summed E-state index contributed by atoms with van der Waals surface area (Å²) in [5.41, 5.74) is 0.365. The van der Waals surface area contributed by atoms with Gasteiger partial charge in [-0.1, -0.05) is 0 Å². The molecular weight excluding hydrogens is 425 g/mol. The molecule has 2 amide bonds. The van der Waals surface area contributed by atoms with Crippen LogP contribution in [-0.2, 0) is 20.9 Å². The Morgan fingerprint density at radius 1 is 1.21 bits per heavy atom. The largest absolute Gasteiger partial charge is 0.381 e. The number of likely N-dealkylation sites (N-methyl/N-ethyl adjacent to an activating group) is 1. The fourth-order valence-electron chi connectivity index (χ4n) is 6.04. The van der Waals surface area contributed by atoms with E-state index >= 15 is 0 Å². The molecule has 4 saturated heterocycles. The SMILES string of the molecule is CN(C1CCOCC1)[C@H]1C[C@H]2C(=O)NC3(CCN(Cc4cncc(F)c4)CC3)CC(=O)N2C1. The van der Waals surface area contributed by atoms with E-state index in [0.717, 1.165) is 57.6 Å². The minimum absolute atomic E-state index is 0.00786. The quantitative estimate of drug-likeness (QED) is 0.728. The van der Waals surface area contributed by atoms with Gasteiger partial charge in [-0.05, 0) is 50.8 Å². The summed E-state index contributed by atoms with van der Waals surface area (Å²) in [5.74, 6) is -0.250. The highest BCUT2D eigenvalue weighted by Gasteiger charge is 2.49. The molecule has 0 radical (unpaired) electrons. The van der Waals surface area contributed by atoms with Crippen LogP contribution < -0.4 is 5.32 Å². The maximum atomic E-state index is 13.5. The smallest absolute Gasteiger partial charge is 0.243 e. The first-order valence-electron chi connectivity index (χ1n) is 12.2. The number of rotatable bonds is 4. The Hall–Kier alpha value is -2.10. The molecule has 0 aliphatic carbocycles. The van der Waals surface area contributed by atoms with Crippen LogP contribution in [0.2, 0.25) is 0 Å². The molecule has 9 heteroatoms. The molecule has 4 aliphatic heterocycles. The topological polar surface area (TPSA) is 78.0 Å². The standard InChI is InChI=1S/C24H34FN5O3/c1-28(19-2-8-33-9-3-19)20-11-21-23(32)27-24(12-22(31)30(21)16-20)4-6-29(7-5-24)15-17-10-18(25)14-26-13-17/h10,13-14,19-21H,2-9,11-12,15-16H2,1H3,(H,27,32)/t20-,21-/m0/s1. The number of ether oxygens (including phenoxy) is 1. The summed E-state index contributed by atoms with van der Waals surface area (Å²) >= 11 is 0. The molecule has 1 aromatic rings. The van der Waals surface area contributed by atoms with Crippen molar-refractivity contribution in [2.45, 2.75) is 68.7 Å². The Morgan fingerprint density at radius 2 is 1.97 bits per heavy atom. The summed E-state index contributed by atoms with van der Waals surface area (Å²) in [4.78, 5) is 36.9. The third-order valence-corrected chi connectivity index (χ3v) is 8.10. The molecule has 1 aromatic heterocycles. The molecule has 0 unspecified atom stereocenters. The van der Waals surface area contributed by atoms with E-state index < -0.39 is 5.54 Å². The Morgan fingerprint density at radius 3 is 2.70 bits per heavy atom. The number of carbonyl (C=O) groups is 2. The minimum atomic E-state index is -0.475. The lowest BCUT2D eigenvalue weighted by molar-refractivity contribution is -0.135. The summed E-state index contributed by atoms with van der Waals surface area (Å²) in [6, 6.07) is 1.80. The molecule has 5 rings (SSSR count). The van der Waals surface area contributed by atoms with Crippen molar-refractivity contribution in [1.82, 2.24) is 25.0 Å². The first-order chi connectivity index (χ1) is 15.9. The molecule has 180 valence electrons. The fourth-order valence-corrected chi connectivity index (χ4v) is 6.04. The lowest BCUT2D eigenvalue weighted by Crippen LogP contribution is -2.56. The van der Waals surface area contributed by atoms with Gasteiger partial charge in [-0.2, -0.15) is 0 Å². The molecule has 0 bridgehead atoms. The first kappa shape index (κ1) is 22.7. The summed E-state index contributed by atoms with van der Waals surface area (Å²) in [5, 5.41) is 3.29. The summed E-state index contributed by atoms with van der Waals surface area (Å²) < 4.78 is 18.9. The average Bonchev–Trinajstić information content (AvgIpc) is 3.23. The molecule has 2 atom stereocenters. The zero-order valence-electron chi connectivity index (χ0n) is 19.3. The number of pyridine rings is 1. The lowest BCUT2D eigenvalue weighted by Gasteiger charge is -2.41. The Kier molecular flexibility index (Phi) is 6.37. The van der Waals surface area contributed by atoms with E-state index in [9.17, 15) is 14.0 Å². The van der Waals surface area contributed by atoms with Crippen LogP contribution in [-0.4, -0.2) is 95.1 Å². The van der Waals surface area contributed by atoms with Crippen LogP contribution in [0.25, 0.3) is 0 Å². The van der Waals surface area contributed by atoms with Gasteiger partial charge in [0.15, 0.2) is 0 Å². The van der Waals surface area contributed by atoms with E-state index in [1.165, 1.54) is 12.3 Å². The van der Waals surface area contributed by atoms with Crippen LogP contribution >= 0.6 is 0 Å². The number of nitrogens with zero attached hydrogens (tertiary/aromatic N) is 4. The predicted molar refractivity (Wildman–Crippen MR) is 120 cm³/mol. The fraction of sp³-hybridized carbons (Fsp3) is 0.708. The highest BCUT2D eigenvalue weighted by atomic mass is 19.1. The Bertz CT molecular complexity index is 857. The van der Waals surface area contributed by atoms with Crippen LogP contribution in [0.5, 0.6) is 0 Å². The van der Waals surface area contributed by atoms with E-state index in [2.05, 4.69) is 27.1 Å². The normalized spacial score (nSPS) is 28.8. The number of nitrogens with one attached hydrogen (secondary N) is 1. The third kappa shape index (κ3) is 4.76. The minimum Gasteiger partial charge on any atom is -0.381 e. The molecule has 8 nitrogen and oxygen atoms in total. The number of fused-ring (bicyclic) bond motifs is 1. The van der Waals surface area contributed by atoms with Crippen molar-refractivity contribution < 1.29 is 18.7 Å². The monoisotopic (exact) mass is 459 g/mol. The van der Waals surface area contributed by atoms with Crippen LogP contribution in [0.3, 0.4) is 0 Å². The lowest BCUT2D eigenvalue weighted by atomic mass is 9.84. The van der Waals surface area contributed by atoms with Gasteiger partial charge in [-0.3, -0.25) is 24.4 Å². The number of hydrogen-bond acceptors (Lipinski definition) is 6. The van der Waals surface area contributed by atoms with Gasteiger partial charge in [-0.25, -0.2) is 4.39 Å². The molecular formula is C24H34FN5O3. The van der Waals surface area contributed by atoms with Gasteiger partial charge in [-0.15, -0.1) is 0 Å². The Balaban J connectivity index is 1.20. The van der Waals surface area contributed by atoms with E-state index in [0.29, 0.717) is 32.0 Å². The molecule has 1 spiro atoms. The van der Waals surface area contributed by atoms with Crippen molar-refractivity contribution >= 4 is 11.8 Å². The van der Waals surface area contributed by atoms with Crippen molar-refractivity contribution in [2.24, 2.45) is 0 Å². The summed E-state index contributed by atoms with van der Waals surface area (Å²) in [7, 11) is 2.13. The summed E-state index contributed by atoms with van der Waals surface area (Å²) in [6.07, 6.45) is 7.40. The molecule has 33 heavy (non-hydrogen) atoms. The van der Waals surface area contributed by atoms with Gasteiger partial charge >= 0.3 is 0 Å². The highest BCUT2D eigenvalue weighted by Crippen LogP contribution is 2.34. The van der Waals surface area contributed by atoms with Crippen molar-refractivity contribution in [3.63, 3.8) is 0 Å². The third-order valence-electron chi connectivity index (χ3n) is 8.10. The number of carbonyl (C=O) groups excluding carboxylic acids is 2. The van der Waals surface area contributed by atoms with E-state index in [1.807, 2.05) is 4.90 Å². The van der Waals surface area contributed by atoms with Crippen LogP contribution in [0.1, 0.15) is 44.1 Å². The molecule has 0 aromatic carbocycles. The molecule has 5 heterocycles. The van der Waals surface area contributed by atoms with Crippen molar-refractivity contribution in [3.05, 3.63) is 29.8 Å². The molecule has 1 N–H and O–H groups in total. The molecule has 0 saturated carbocycles. The maximum Gasteiger partial charge on any atom is 0.243 e. The number of amides is 2. The van der Waals surface area contributed by atoms with Gasteiger partial charge in [0.05, 0.1) is 18.2 Å². The number of piperidine rings is 1. The van der Waals surface area contributed by atoms with Gasteiger partial charge < -0.3 is 15.0 Å². The van der Waals surface area contributed by atoms with Gasteiger partial charge in [0.25, 0.3) is 0 Å². The maximum absolute atomic E-state index is 13.5. The van der Waals surface area contributed by atoms with Gasteiger partial charge in [0, 0.05) is 57.7 Å². The second-order valence-corrected chi connectivity index (χ2v) is 10.2. The van der Waals surface area contributed by atoms with Crippen LogP contribution in [0.4, 0.5) is 4.39 Å². The van der Waals surface area contributed by atoms with Gasteiger partial charge in [0.1, 0.15) is 11.9 Å². The van der Waals surface area contributed by atoms with Crippen LogP contribution in [0.15, 0.2) is 18.5 Å². The first-order valence-corrected chi connectivity index (χ1v) is 12.2. The predicted octanol–water partition coefficient (Wildman–Crippen LogP) is 1.16. The molecule has 4 fully saturated rings. The zero-order valence-corrected chi connectivity index (χ0v) is 19.3. The number of hydrogen-bond donors (Lipinski definition) is 1. The number of likely N-dealkylation sites (tertiary alicyclic amines) is 1. The van der Waals surface area contributed by atoms with Gasteiger partial charge in [0.2, 0.25) is 11.8 Å². The van der Waals surface area contributed by atoms with E-state index in [4.69, 9.17) is 4.74 Å². The Labute approximate surface area is 194 Å². The van der Waals surface area contributed by atoms with E-state index in [1.54, 1.807) is 6.20 Å². The summed E-state index contributed by atoms with van der Waals surface area (Å²) in [6.45, 7) is 4.32. The number of aromatic nitrogens is 1. The highest BCUT2D eigenvalue weighted by molar-refractivity contribution is 5.92. The number of halogens is 1. The second-order valence-electron chi connectivity index (χ2n) is 10.2. The molecule has 4 aliphatic rings. The zero-order chi connectivity index (χ0) is 23.0. The van der Waals surface area contributed by atoms with Crippen LogP contribution in [0, 0.1) is 5.82 Å². The second kappa shape index (κ2) is 9.27. The van der Waals surface area contributed by atoms with Crippen molar-refractivity contribution in [2.75, 3.05) is 39.9 Å².